The van der Waals surface area contributed by atoms with Crippen LogP contribution in [0.2, 0.25) is 0 Å². The van der Waals surface area contributed by atoms with E-state index in [1.54, 1.807) is 0 Å². The fourth-order valence-corrected chi connectivity index (χ4v) is 3.20. The second-order valence-electron chi connectivity index (χ2n) is 6.38. The van der Waals surface area contributed by atoms with Crippen LogP contribution in [0, 0.1) is 0 Å². The lowest BCUT2D eigenvalue weighted by atomic mass is 9.83. The summed E-state index contributed by atoms with van der Waals surface area (Å²) in [5.74, 6) is 0.203. The van der Waals surface area contributed by atoms with Gasteiger partial charge in [0, 0.05) is 13.0 Å². The van der Waals surface area contributed by atoms with Crippen LogP contribution in [0.15, 0.2) is 24.3 Å². The summed E-state index contributed by atoms with van der Waals surface area (Å²) < 4.78 is 11.3. The highest BCUT2D eigenvalue weighted by atomic mass is 16.5. The zero-order valence-corrected chi connectivity index (χ0v) is 14.4. The highest BCUT2D eigenvalue weighted by molar-refractivity contribution is 5.87. The zero-order valence-electron chi connectivity index (χ0n) is 14.4. The number of ether oxygens (including phenoxy) is 2. The van der Waals surface area contributed by atoms with Gasteiger partial charge in [-0.2, -0.15) is 0 Å². The highest BCUT2D eigenvalue weighted by Crippen LogP contribution is 2.35. The maximum absolute atomic E-state index is 11.1. The molecule has 3 rings (SSSR count). The van der Waals surface area contributed by atoms with E-state index in [1.165, 1.54) is 5.56 Å². The molecule has 0 saturated heterocycles. The lowest BCUT2D eigenvalue weighted by Gasteiger charge is -2.28. The molecule has 140 valence electrons. The van der Waals surface area contributed by atoms with E-state index in [0.717, 1.165) is 31.4 Å². The second-order valence-corrected chi connectivity index (χ2v) is 6.38. The number of aliphatic hydroxyl groups is 1. The standard InChI is InChI=1S/C18H23N3O5/c22-10-1-11-25-14-6-2-12(3-7-14)13-4-8-15(9-5-13)26-17-16(18(23)24)19-21-20-17/h2-3,6-7,13,15,22H,1,4-5,8-11H2,(H,23,24)(H,19,20,21). The summed E-state index contributed by atoms with van der Waals surface area (Å²) in [5.41, 5.74) is 1.16. The minimum Gasteiger partial charge on any atom is -0.494 e. The molecule has 1 saturated carbocycles. The Morgan fingerprint density at radius 3 is 2.58 bits per heavy atom. The number of nitrogens with zero attached hydrogens (tertiary/aromatic N) is 2. The number of hydrogen-bond donors (Lipinski definition) is 3. The number of carboxylic acid groups (broad SMARTS) is 1. The number of aromatic carboxylic acids is 1. The molecule has 1 heterocycles. The lowest BCUT2D eigenvalue weighted by Crippen LogP contribution is -2.24. The first kappa shape index (κ1) is 18.2. The van der Waals surface area contributed by atoms with Crippen molar-refractivity contribution in [2.45, 2.75) is 44.1 Å². The van der Waals surface area contributed by atoms with E-state index >= 15 is 0 Å². The first-order chi connectivity index (χ1) is 12.7. The molecule has 8 heteroatoms. The van der Waals surface area contributed by atoms with Crippen molar-refractivity contribution in [3.05, 3.63) is 35.5 Å². The molecule has 1 aromatic heterocycles. The van der Waals surface area contributed by atoms with Crippen LogP contribution in [0.25, 0.3) is 0 Å². The van der Waals surface area contributed by atoms with Gasteiger partial charge in [0.2, 0.25) is 5.69 Å². The van der Waals surface area contributed by atoms with Crippen molar-refractivity contribution < 1.29 is 24.5 Å². The lowest BCUT2D eigenvalue weighted by molar-refractivity contribution is 0.0677. The van der Waals surface area contributed by atoms with E-state index in [-0.39, 0.29) is 24.3 Å². The molecule has 0 radical (unpaired) electrons. The van der Waals surface area contributed by atoms with Gasteiger partial charge in [0.1, 0.15) is 11.9 Å². The Bertz CT molecular complexity index is 708. The monoisotopic (exact) mass is 361 g/mol. The maximum Gasteiger partial charge on any atom is 0.359 e. The molecule has 1 aliphatic rings. The number of aromatic amines is 1. The van der Waals surface area contributed by atoms with Crippen molar-refractivity contribution in [2.24, 2.45) is 0 Å². The van der Waals surface area contributed by atoms with E-state index in [2.05, 4.69) is 27.5 Å². The molecule has 8 nitrogen and oxygen atoms in total. The molecule has 0 aliphatic heterocycles. The number of benzene rings is 1. The molecule has 1 aromatic carbocycles. The van der Waals surface area contributed by atoms with Gasteiger partial charge in [-0.3, -0.25) is 0 Å². The SMILES string of the molecule is O=C(O)c1[nH]nnc1OC1CCC(c2ccc(OCCCO)cc2)CC1. The molecule has 2 aromatic rings. The molecule has 26 heavy (non-hydrogen) atoms. The van der Waals surface area contributed by atoms with Crippen LogP contribution >= 0.6 is 0 Å². The minimum atomic E-state index is -1.13. The third kappa shape index (κ3) is 4.51. The first-order valence-electron chi connectivity index (χ1n) is 8.82. The summed E-state index contributed by atoms with van der Waals surface area (Å²) in [6, 6.07) is 8.09. The number of carboxylic acids is 1. The maximum atomic E-state index is 11.1. The Kier molecular flexibility index (Phi) is 6.06. The van der Waals surface area contributed by atoms with Crippen molar-refractivity contribution in [1.29, 1.82) is 0 Å². The van der Waals surface area contributed by atoms with Crippen LogP contribution in [0.3, 0.4) is 0 Å². The quantitative estimate of drug-likeness (QED) is 0.618. The number of aliphatic hydroxyl groups excluding tert-OH is 1. The fourth-order valence-electron chi connectivity index (χ4n) is 3.20. The summed E-state index contributed by atoms with van der Waals surface area (Å²) >= 11 is 0. The third-order valence-electron chi connectivity index (χ3n) is 4.61. The van der Waals surface area contributed by atoms with E-state index in [9.17, 15) is 4.79 Å². The van der Waals surface area contributed by atoms with E-state index in [1.807, 2.05) is 12.1 Å². The van der Waals surface area contributed by atoms with Crippen molar-refractivity contribution >= 4 is 5.97 Å². The van der Waals surface area contributed by atoms with Crippen molar-refractivity contribution in [1.82, 2.24) is 15.4 Å². The molecule has 0 spiro atoms. The van der Waals surface area contributed by atoms with Crippen molar-refractivity contribution in [3.8, 4) is 11.6 Å². The number of rotatable bonds is 8. The fraction of sp³-hybridized carbons (Fsp3) is 0.500. The van der Waals surface area contributed by atoms with Gasteiger partial charge < -0.3 is 19.7 Å². The normalized spacial score (nSPS) is 19.9. The Hall–Kier alpha value is -2.61. The Morgan fingerprint density at radius 2 is 1.92 bits per heavy atom. The second kappa shape index (κ2) is 8.66. The topological polar surface area (TPSA) is 118 Å². The number of aromatic nitrogens is 3. The molecule has 1 fully saturated rings. The van der Waals surface area contributed by atoms with Gasteiger partial charge in [-0.1, -0.05) is 22.4 Å². The van der Waals surface area contributed by atoms with Gasteiger partial charge >= 0.3 is 5.97 Å². The summed E-state index contributed by atoms with van der Waals surface area (Å²) in [7, 11) is 0. The largest absolute Gasteiger partial charge is 0.494 e. The summed E-state index contributed by atoms with van der Waals surface area (Å²) in [4.78, 5) is 11.1. The molecule has 0 amide bonds. The van der Waals surface area contributed by atoms with Gasteiger partial charge in [0.25, 0.3) is 5.88 Å². The Labute approximate surface area is 151 Å². The molecule has 0 atom stereocenters. The Morgan fingerprint density at radius 1 is 1.19 bits per heavy atom. The number of carbonyl (C=O) groups is 1. The molecule has 0 unspecified atom stereocenters. The summed E-state index contributed by atoms with van der Waals surface area (Å²) in [5, 5.41) is 27.4. The smallest absolute Gasteiger partial charge is 0.359 e. The Balaban J connectivity index is 1.50. The van der Waals surface area contributed by atoms with Gasteiger partial charge in [-0.05, 0) is 49.3 Å². The minimum absolute atomic E-state index is 0.0458. The van der Waals surface area contributed by atoms with Crippen LogP contribution in [-0.2, 0) is 0 Å². The van der Waals surface area contributed by atoms with Crippen LogP contribution in [-0.4, -0.2) is 50.9 Å². The van der Waals surface area contributed by atoms with Gasteiger partial charge in [0.15, 0.2) is 0 Å². The van der Waals surface area contributed by atoms with Gasteiger partial charge in [-0.15, -0.1) is 0 Å². The molecular formula is C18H23N3O5. The average molecular weight is 361 g/mol. The van der Waals surface area contributed by atoms with Gasteiger partial charge in [-0.25, -0.2) is 9.89 Å². The predicted molar refractivity (Wildman–Crippen MR) is 92.6 cm³/mol. The molecule has 1 aliphatic carbocycles. The average Bonchev–Trinajstić information content (AvgIpc) is 3.12. The first-order valence-corrected chi connectivity index (χ1v) is 8.82. The number of hydrogen-bond acceptors (Lipinski definition) is 6. The number of H-pyrrole nitrogens is 1. The molecule has 0 bridgehead atoms. The van der Waals surface area contributed by atoms with Crippen LogP contribution in [0.1, 0.15) is 54.1 Å². The highest BCUT2D eigenvalue weighted by Gasteiger charge is 2.26. The van der Waals surface area contributed by atoms with Crippen LogP contribution < -0.4 is 9.47 Å². The van der Waals surface area contributed by atoms with Crippen LogP contribution in [0.5, 0.6) is 11.6 Å². The summed E-state index contributed by atoms with van der Waals surface area (Å²) in [6.07, 6.45) is 4.19. The third-order valence-corrected chi connectivity index (χ3v) is 4.61. The van der Waals surface area contributed by atoms with Gasteiger partial charge in [0.05, 0.1) is 6.61 Å². The number of nitrogens with one attached hydrogen (secondary N) is 1. The van der Waals surface area contributed by atoms with E-state index in [0.29, 0.717) is 18.9 Å². The van der Waals surface area contributed by atoms with Crippen LogP contribution in [0.4, 0.5) is 0 Å². The van der Waals surface area contributed by atoms with Crippen molar-refractivity contribution in [2.75, 3.05) is 13.2 Å². The molecule has 3 N–H and O–H groups in total. The zero-order chi connectivity index (χ0) is 18.4. The molecular weight excluding hydrogens is 338 g/mol. The van der Waals surface area contributed by atoms with Crippen molar-refractivity contribution in [3.63, 3.8) is 0 Å². The van der Waals surface area contributed by atoms with E-state index < -0.39 is 5.97 Å². The summed E-state index contributed by atoms with van der Waals surface area (Å²) in [6.45, 7) is 0.643. The predicted octanol–water partition coefficient (Wildman–Crippen LogP) is 2.37. The van der Waals surface area contributed by atoms with E-state index in [4.69, 9.17) is 19.7 Å².